The van der Waals surface area contributed by atoms with Crippen LogP contribution >= 0.6 is 0 Å². The van der Waals surface area contributed by atoms with E-state index in [1.165, 1.54) is 0 Å². The Morgan fingerprint density at radius 1 is 1.27 bits per heavy atom. The smallest absolute Gasteiger partial charge is 0.225 e. The van der Waals surface area contributed by atoms with Crippen LogP contribution < -0.4 is 4.90 Å². The molecule has 1 amide bonds. The molecular weight excluding hydrogens is 414 g/mol. The van der Waals surface area contributed by atoms with Crippen LogP contribution in [0.3, 0.4) is 0 Å². The van der Waals surface area contributed by atoms with Crippen molar-refractivity contribution in [2.24, 2.45) is 0 Å². The molecule has 3 aromatic rings. The van der Waals surface area contributed by atoms with E-state index in [2.05, 4.69) is 47.1 Å². The van der Waals surface area contributed by atoms with Gasteiger partial charge in [-0.25, -0.2) is 4.98 Å². The minimum Gasteiger partial charge on any atom is -0.384 e. The number of amides is 1. The van der Waals surface area contributed by atoms with Gasteiger partial charge in [0, 0.05) is 56.0 Å². The van der Waals surface area contributed by atoms with Crippen molar-refractivity contribution in [1.29, 1.82) is 5.26 Å². The van der Waals surface area contributed by atoms with E-state index >= 15 is 0 Å². The summed E-state index contributed by atoms with van der Waals surface area (Å²) in [6.07, 6.45) is 4.61. The van der Waals surface area contributed by atoms with Crippen LogP contribution in [0.2, 0.25) is 0 Å². The normalized spacial score (nSPS) is 18.5. The standard InChI is InChI=1S/C26H29N5O2/c1-17-16-30(10-11-31(17)24(32)8-12-33-2)26-21(15-27)14-22(25(29-26)18-3-4-18)19-5-6-23-20(13-19)7-9-28-23/h5-7,9,13-14,17-18,28H,3-4,8,10-12,16H2,1-2H3. The highest BCUT2D eigenvalue weighted by Crippen LogP contribution is 2.45. The van der Waals surface area contributed by atoms with Crippen LogP contribution in [0.5, 0.6) is 0 Å². The average Bonchev–Trinajstić information content (AvgIpc) is 3.58. The second-order valence-electron chi connectivity index (χ2n) is 9.08. The number of carbonyl (C=O) groups is 1. The number of aromatic amines is 1. The van der Waals surface area contributed by atoms with Crippen molar-refractivity contribution in [3.63, 3.8) is 0 Å². The van der Waals surface area contributed by atoms with Gasteiger partial charge in [0.2, 0.25) is 5.91 Å². The molecule has 2 aromatic heterocycles. The van der Waals surface area contributed by atoms with E-state index < -0.39 is 0 Å². The summed E-state index contributed by atoms with van der Waals surface area (Å²) in [5, 5.41) is 11.2. The summed E-state index contributed by atoms with van der Waals surface area (Å²) >= 11 is 0. The number of nitriles is 1. The quantitative estimate of drug-likeness (QED) is 0.621. The third-order valence-corrected chi connectivity index (χ3v) is 6.75. The SMILES string of the molecule is COCCC(=O)N1CCN(c2nc(C3CC3)c(-c3ccc4[nH]ccc4c3)cc2C#N)CC1C. The van der Waals surface area contributed by atoms with Crippen molar-refractivity contribution in [2.45, 2.75) is 38.1 Å². The first-order valence-corrected chi connectivity index (χ1v) is 11.6. The second-order valence-corrected chi connectivity index (χ2v) is 9.08. The number of aromatic nitrogens is 2. The molecule has 1 aromatic carbocycles. The number of pyridine rings is 1. The van der Waals surface area contributed by atoms with Gasteiger partial charge >= 0.3 is 0 Å². The molecule has 0 bridgehead atoms. The molecule has 1 atom stereocenters. The third kappa shape index (κ3) is 4.19. The van der Waals surface area contributed by atoms with E-state index in [1.54, 1.807) is 7.11 Å². The number of hydrogen-bond acceptors (Lipinski definition) is 5. The zero-order valence-corrected chi connectivity index (χ0v) is 19.2. The molecule has 1 unspecified atom stereocenters. The van der Waals surface area contributed by atoms with Crippen molar-refractivity contribution < 1.29 is 9.53 Å². The summed E-state index contributed by atoms with van der Waals surface area (Å²) in [4.78, 5) is 25.0. The number of carbonyl (C=O) groups excluding carboxylic acids is 1. The molecule has 33 heavy (non-hydrogen) atoms. The molecule has 1 aliphatic carbocycles. The predicted molar refractivity (Wildman–Crippen MR) is 128 cm³/mol. The Hall–Kier alpha value is -3.37. The largest absolute Gasteiger partial charge is 0.384 e. The molecule has 1 aliphatic heterocycles. The highest BCUT2D eigenvalue weighted by molar-refractivity contribution is 5.86. The van der Waals surface area contributed by atoms with Crippen molar-refractivity contribution in [2.75, 3.05) is 38.3 Å². The number of ether oxygens (including phenoxy) is 1. The molecule has 0 radical (unpaired) electrons. The lowest BCUT2D eigenvalue weighted by atomic mass is 9.98. The number of nitrogens with zero attached hydrogens (tertiary/aromatic N) is 4. The summed E-state index contributed by atoms with van der Waals surface area (Å²) in [6, 6.07) is 12.9. The molecule has 5 rings (SSSR count). The van der Waals surface area contributed by atoms with E-state index in [1.807, 2.05) is 17.2 Å². The molecule has 1 saturated carbocycles. The fraction of sp³-hybridized carbons (Fsp3) is 0.423. The van der Waals surface area contributed by atoms with Gasteiger partial charge in [-0.05, 0) is 55.0 Å². The van der Waals surface area contributed by atoms with Crippen LogP contribution in [0.25, 0.3) is 22.0 Å². The zero-order chi connectivity index (χ0) is 22.9. The van der Waals surface area contributed by atoms with Crippen LogP contribution in [-0.2, 0) is 9.53 Å². The molecule has 7 heteroatoms. The lowest BCUT2D eigenvalue weighted by Gasteiger charge is -2.41. The number of methoxy groups -OCH3 is 1. The van der Waals surface area contributed by atoms with Crippen LogP contribution in [0, 0.1) is 11.3 Å². The van der Waals surface area contributed by atoms with Crippen LogP contribution in [0.4, 0.5) is 5.82 Å². The van der Waals surface area contributed by atoms with Crippen molar-refractivity contribution >= 4 is 22.6 Å². The van der Waals surface area contributed by atoms with Gasteiger partial charge < -0.3 is 19.5 Å². The summed E-state index contributed by atoms with van der Waals surface area (Å²) in [6.45, 7) is 4.46. The van der Waals surface area contributed by atoms with Gasteiger partial charge in [0.25, 0.3) is 0 Å². The number of hydrogen-bond donors (Lipinski definition) is 1. The monoisotopic (exact) mass is 443 g/mol. The number of piperazine rings is 1. The van der Waals surface area contributed by atoms with Crippen LogP contribution in [0.15, 0.2) is 36.5 Å². The minimum atomic E-state index is 0.0523. The maximum Gasteiger partial charge on any atom is 0.225 e. The van der Waals surface area contributed by atoms with Gasteiger partial charge in [-0.1, -0.05) is 6.07 Å². The number of fused-ring (bicyclic) bond motifs is 1. The Labute approximate surface area is 194 Å². The topological polar surface area (TPSA) is 85.2 Å². The van der Waals surface area contributed by atoms with Gasteiger partial charge in [0.15, 0.2) is 0 Å². The predicted octanol–water partition coefficient (Wildman–Crippen LogP) is 4.05. The van der Waals surface area contributed by atoms with Gasteiger partial charge in [-0.3, -0.25) is 4.79 Å². The number of rotatable bonds is 6. The van der Waals surface area contributed by atoms with Crippen LogP contribution in [0.1, 0.15) is 43.4 Å². The summed E-state index contributed by atoms with van der Waals surface area (Å²) in [5.74, 6) is 1.32. The van der Waals surface area contributed by atoms with Gasteiger partial charge in [0.1, 0.15) is 11.9 Å². The molecule has 2 aliphatic rings. The Bertz CT molecular complexity index is 1220. The summed E-state index contributed by atoms with van der Waals surface area (Å²) < 4.78 is 5.06. The molecule has 7 nitrogen and oxygen atoms in total. The highest BCUT2D eigenvalue weighted by atomic mass is 16.5. The van der Waals surface area contributed by atoms with Crippen molar-refractivity contribution in [3.05, 3.63) is 47.8 Å². The second kappa shape index (κ2) is 8.87. The minimum absolute atomic E-state index is 0.0523. The van der Waals surface area contributed by atoms with E-state index in [4.69, 9.17) is 9.72 Å². The summed E-state index contributed by atoms with van der Waals surface area (Å²) in [7, 11) is 1.61. The summed E-state index contributed by atoms with van der Waals surface area (Å²) in [5.41, 5.74) is 4.94. The van der Waals surface area contributed by atoms with E-state index in [0.717, 1.165) is 46.4 Å². The first-order chi connectivity index (χ1) is 16.1. The van der Waals surface area contributed by atoms with Crippen molar-refractivity contribution in [1.82, 2.24) is 14.9 Å². The first-order valence-electron chi connectivity index (χ1n) is 11.6. The number of nitrogens with one attached hydrogen (secondary N) is 1. The van der Waals surface area contributed by atoms with Gasteiger partial charge in [-0.15, -0.1) is 0 Å². The number of anilines is 1. The highest BCUT2D eigenvalue weighted by Gasteiger charge is 2.33. The first kappa shape index (κ1) is 21.5. The Balaban J connectivity index is 1.46. The maximum atomic E-state index is 12.5. The third-order valence-electron chi connectivity index (χ3n) is 6.75. The van der Waals surface area contributed by atoms with Gasteiger partial charge in [-0.2, -0.15) is 5.26 Å². The average molecular weight is 444 g/mol. The molecule has 1 N–H and O–H groups in total. The maximum absolute atomic E-state index is 12.5. The zero-order valence-electron chi connectivity index (χ0n) is 19.2. The Morgan fingerprint density at radius 2 is 2.12 bits per heavy atom. The molecular formula is C26H29N5O2. The molecule has 2 fully saturated rings. The number of benzene rings is 1. The molecule has 0 spiro atoms. The molecule has 170 valence electrons. The lowest BCUT2D eigenvalue weighted by molar-refractivity contribution is -0.134. The fourth-order valence-electron chi connectivity index (χ4n) is 4.81. The fourth-order valence-corrected chi connectivity index (χ4v) is 4.81. The van der Waals surface area contributed by atoms with Crippen LogP contribution in [-0.4, -0.2) is 60.2 Å². The lowest BCUT2D eigenvalue weighted by Crippen LogP contribution is -2.54. The Morgan fingerprint density at radius 3 is 2.85 bits per heavy atom. The van der Waals surface area contributed by atoms with Gasteiger partial charge in [0.05, 0.1) is 24.3 Å². The molecule has 3 heterocycles. The van der Waals surface area contributed by atoms with E-state index in [-0.39, 0.29) is 11.9 Å². The Kier molecular flexibility index (Phi) is 5.77. The van der Waals surface area contributed by atoms with E-state index in [9.17, 15) is 10.1 Å². The number of H-pyrrole nitrogens is 1. The van der Waals surface area contributed by atoms with E-state index in [0.29, 0.717) is 44.1 Å². The van der Waals surface area contributed by atoms with Crippen molar-refractivity contribution in [3.8, 4) is 17.2 Å². The molecule has 1 saturated heterocycles.